The van der Waals surface area contributed by atoms with Gasteiger partial charge in [-0.05, 0) is 50.5 Å². The molecule has 5 nitrogen and oxygen atoms in total. The fourth-order valence-corrected chi connectivity index (χ4v) is 2.87. The first kappa shape index (κ1) is 14.3. The first-order valence-electron chi connectivity index (χ1n) is 7.51. The van der Waals surface area contributed by atoms with Gasteiger partial charge < -0.3 is 9.13 Å². The highest BCUT2D eigenvalue weighted by Crippen LogP contribution is 2.34. The van der Waals surface area contributed by atoms with Crippen molar-refractivity contribution >= 4 is 12.2 Å². The average Bonchev–Trinajstić information content (AvgIpc) is 3.22. The minimum atomic E-state index is 0.0456. The van der Waals surface area contributed by atoms with Crippen LogP contribution in [0.2, 0.25) is 0 Å². The van der Waals surface area contributed by atoms with Crippen LogP contribution in [0.1, 0.15) is 44.3 Å². The summed E-state index contributed by atoms with van der Waals surface area (Å²) >= 11 is 5.29. The van der Waals surface area contributed by atoms with E-state index in [1.54, 1.807) is 0 Å². The number of nitrogens with zero attached hydrogens (tertiary/aromatic N) is 3. The van der Waals surface area contributed by atoms with Crippen molar-refractivity contribution in [3.05, 3.63) is 33.0 Å². The van der Waals surface area contributed by atoms with Crippen molar-refractivity contribution < 1.29 is 0 Å². The summed E-state index contributed by atoms with van der Waals surface area (Å²) in [4.78, 5) is 12.8. The summed E-state index contributed by atoms with van der Waals surface area (Å²) in [5.74, 6) is 0.660. The number of aryl methyl sites for hydroxylation is 1. The Kier molecular flexibility index (Phi) is 3.80. The van der Waals surface area contributed by atoms with Crippen LogP contribution in [0.25, 0.3) is 11.4 Å². The van der Waals surface area contributed by atoms with Gasteiger partial charge >= 0.3 is 0 Å². The molecule has 1 aliphatic rings. The van der Waals surface area contributed by atoms with Gasteiger partial charge in [-0.2, -0.15) is 5.10 Å². The quantitative estimate of drug-likeness (QED) is 0.863. The molecule has 1 saturated carbocycles. The molecule has 2 aromatic rings. The third-order valence-corrected chi connectivity index (χ3v) is 4.28. The molecule has 2 heterocycles. The van der Waals surface area contributed by atoms with Gasteiger partial charge in [0.2, 0.25) is 0 Å². The second-order valence-electron chi connectivity index (χ2n) is 5.65. The summed E-state index contributed by atoms with van der Waals surface area (Å²) in [5, 5.41) is 7.10. The Morgan fingerprint density at radius 3 is 2.86 bits per heavy atom. The van der Waals surface area contributed by atoms with E-state index in [9.17, 15) is 4.79 Å². The maximum absolute atomic E-state index is 12.8. The maximum Gasteiger partial charge on any atom is 0.262 e. The number of H-pyrrole nitrogens is 1. The van der Waals surface area contributed by atoms with Gasteiger partial charge in [0, 0.05) is 18.3 Å². The minimum absolute atomic E-state index is 0.0456. The number of aromatic nitrogens is 4. The SMILES string of the molecule is CCCCn1c(-c2ccc(C)n(C3CC3)c2=O)n[nH]c1=S. The van der Waals surface area contributed by atoms with Crippen LogP contribution in [0.3, 0.4) is 0 Å². The van der Waals surface area contributed by atoms with Gasteiger partial charge in [0.15, 0.2) is 10.6 Å². The highest BCUT2D eigenvalue weighted by molar-refractivity contribution is 7.71. The van der Waals surface area contributed by atoms with Crippen LogP contribution in [-0.2, 0) is 6.54 Å². The lowest BCUT2D eigenvalue weighted by molar-refractivity contribution is 0.626. The Labute approximate surface area is 128 Å². The van der Waals surface area contributed by atoms with Gasteiger partial charge in [0.1, 0.15) is 0 Å². The van der Waals surface area contributed by atoms with Crippen molar-refractivity contribution in [3.63, 3.8) is 0 Å². The molecule has 2 aromatic heterocycles. The Balaban J connectivity index is 2.11. The highest BCUT2D eigenvalue weighted by Gasteiger charge is 2.27. The second-order valence-corrected chi connectivity index (χ2v) is 6.04. The molecule has 1 aliphatic carbocycles. The smallest absolute Gasteiger partial charge is 0.262 e. The van der Waals surface area contributed by atoms with Crippen molar-refractivity contribution in [2.75, 3.05) is 0 Å². The summed E-state index contributed by atoms with van der Waals surface area (Å²) in [6.45, 7) is 4.91. The molecule has 0 aromatic carbocycles. The summed E-state index contributed by atoms with van der Waals surface area (Å²) in [6.07, 6.45) is 4.27. The van der Waals surface area contributed by atoms with E-state index in [2.05, 4.69) is 17.1 Å². The van der Waals surface area contributed by atoms with Crippen LogP contribution >= 0.6 is 12.2 Å². The summed E-state index contributed by atoms with van der Waals surface area (Å²) in [5.41, 5.74) is 1.70. The fraction of sp³-hybridized carbons (Fsp3) is 0.533. The Morgan fingerprint density at radius 1 is 1.43 bits per heavy atom. The largest absolute Gasteiger partial charge is 0.309 e. The standard InChI is InChI=1S/C15H20N4OS/c1-3-4-9-18-13(16-17-15(18)21)12-8-5-10(2)19(14(12)20)11-6-7-11/h5,8,11H,3-4,6-7,9H2,1-2H3,(H,17,21). The fourth-order valence-electron chi connectivity index (χ4n) is 2.65. The predicted molar refractivity (Wildman–Crippen MR) is 85.0 cm³/mol. The van der Waals surface area contributed by atoms with Crippen LogP contribution in [0, 0.1) is 11.7 Å². The van der Waals surface area contributed by atoms with Gasteiger partial charge in [-0.1, -0.05) is 13.3 Å². The lowest BCUT2D eigenvalue weighted by Crippen LogP contribution is -2.23. The van der Waals surface area contributed by atoms with Crippen molar-refractivity contribution in [1.29, 1.82) is 0 Å². The Bertz CT molecular complexity index is 767. The van der Waals surface area contributed by atoms with E-state index < -0.39 is 0 Å². The molecule has 112 valence electrons. The second kappa shape index (κ2) is 5.60. The molecule has 3 rings (SSSR count). The number of pyridine rings is 1. The zero-order valence-corrected chi connectivity index (χ0v) is 13.2. The first-order valence-corrected chi connectivity index (χ1v) is 7.92. The zero-order chi connectivity index (χ0) is 15.0. The van der Waals surface area contributed by atoms with Gasteiger partial charge in [-0.15, -0.1) is 0 Å². The van der Waals surface area contributed by atoms with Crippen molar-refractivity contribution in [2.45, 2.75) is 52.1 Å². The molecule has 0 unspecified atom stereocenters. The lowest BCUT2D eigenvalue weighted by atomic mass is 10.2. The normalized spacial score (nSPS) is 14.6. The lowest BCUT2D eigenvalue weighted by Gasteiger charge is -2.11. The summed E-state index contributed by atoms with van der Waals surface area (Å²) < 4.78 is 4.41. The number of nitrogens with one attached hydrogen (secondary N) is 1. The van der Waals surface area contributed by atoms with Crippen molar-refractivity contribution in [2.24, 2.45) is 0 Å². The molecule has 0 aliphatic heterocycles. The Hall–Kier alpha value is -1.69. The van der Waals surface area contributed by atoms with E-state index in [4.69, 9.17) is 12.2 Å². The zero-order valence-electron chi connectivity index (χ0n) is 12.4. The molecule has 1 fully saturated rings. The maximum atomic E-state index is 12.8. The van der Waals surface area contributed by atoms with Gasteiger partial charge in [-0.3, -0.25) is 9.89 Å². The number of rotatable bonds is 5. The number of hydrogen-bond donors (Lipinski definition) is 1. The molecule has 0 bridgehead atoms. The molecular weight excluding hydrogens is 284 g/mol. The average molecular weight is 304 g/mol. The molecule has 0 radical (unpaired) electrons. The van der Waals surface area contributed by atoms with Crippen molar-refractivity contribution in [3.8, 4) is 11.4 Å². The Morgan fingerprint density at radius 2 is 2.19 bits per heavy atom. The van der Waals surface area contributed by atoms with E-state index in [1.165, 1.54) is 0 Å². The highest BCUT2D eigenvalue weighted by atomic mass is 32.1. The van der Waals surface area contributed by atoms with Crippen molar-refractivity contribution in [1.82, 2.24) is 19.3 Å². The van der Waals surface area contributed by atoms with Crippen LogP contribution in [0.5, 0.6) is 0 Å². The van der Waals surface area contributed by atoms with Gasteiger partial charge in [-0.25, -0.2) is 0 Å². The van der Waals surface area contributed by atoms with E-state index in [-0.39, 0.29) is 5.56 Å². The predicted octanol–water partition coefficient (Wildman–Crippen LogP) is 3.21. The van der Waals surface area contributed by atoms with E-state index in [0.717, 1.165) is 37.9 Å². The monoisotopic (exact) mass is 304 g/mol. The topological polar surface area (TPSA) is 55.6 Å². The first-order chi connectivity index (χ1) is 10.1. The molecule has 0 atom stereocenters. The van der Waals surface area contributed by atoms with Crippen LogP contribution in [-0.4, -0.2) is 19.3 Å². The molecule has 0 spiro atoms. The van der Waals surface area contributed by atoms with E-state index in [1.807, 2.05) is 28.2 Å². The molecular formula is C15H20N4OS. The third-order valence-electron chi connectivity index (χ3n) is 3.97. The van der Waals surface area contributed by atoms with Gasteiger partial charge in [0.25, 0.3) is 5.56 Å². The third kappa shape index (κ3) is 2.60. The van der Waals surface area contributed by atoms with Crippen LogP contribution < -0.4 is 5.56 Å². The van der Waals surface area contributed by atoms with Crippen LogP contribution in [0.15, 0.2) is 16.9 Å². The number of aromatic amines is 1. The van der Waals surface area contributed by atoms with Gasteiger partial charge in [0.05, 0.1) is 5.56 Å². The molecule has 0 saturated heterocycles. The number of hydrogen-bond acceptors (Lipinski definition) is 3. The summed E-state index contributed by atoms with van der Waals surface area (Å²) in [6, 6.07) is 4.23. The van der Waals surface area contributed by atoms with Crippen LogP contribution in [0.4, 0.5) is 0 Å². The van der Waals surface area contributed by atoms with E-state index >= 15 is 0 Å². The molecule has 6 heteroatoms. The molecule has 21 heavy (non-hydrogen) atoms. The van der Waals surface area contributed by atoms with E-state index in [0.29, 0.717) is 22.2 Å². The minimum Gasteiger partial charge on any atom is -0.309 e. The number of unbranched alkanes of at least 4 members (excludes halogenated alkanes) is 1. The molecule has 1 N–H and O–H groups in total. The summed E-state index contributed by atoms with van der Waals surface area (Å²) in [7, 11) is 0. The molecule has 0 amide bonds.